The first-order valence-electron chi connectivity index (χ1n) is 7.82. The molecule has 0 saturated carbocycles. The molecule has 0 aromatic heterocycles. The number of anilines is 1. The van der Waals surface area contributed by atoms with Crippen LogP contribution in [0.25, 0.3) is 0 Å². The Morgan fingerprint density at radius 2 is 1.40 bits per heavy atom. The van der Waals surface area contributed by atoms with E-state index < -0.39 is 0 Å². The maximum Gasteiger partial charge on any atom is 0.255 e. The zero-order valence-corrected chi connectivity index (χ0v) is 14.5. The van der Waals surface area contributed by atoms with Crippen LogP contribution < -0.4 is 5.32 Å². The number of hydrogen-bond acceptors (Lipinski definition) is 3. The second kappa shape index (κ2) is 7.81. The number of benzene rings is 3. The van der Waals surface area contributed by atoms with E-state index in [2.05, 4.69) is 5.32 Å². The second-order valence-corrected chi connectivity index (χ2v) is 6.34. The summed E-state index contributed by atoms with van der Waals surface area (Å²) in [7, 11) is 0. The van der Waals surface area contributed by atoms with E-state index in [-0.39, 0.29) is 11.7 Å². The molecule has 0 aliphatic heterocycles. The lowest BCUT2D eigenvalue weighted by molar-refractivity contribution is 0.102. The summed E-state index contributed by atoms with van der Waals surface area (Å²) in [6.45, 7) is 0. The van der Waals surface area contributed by atoms with Crippen molar-refractivity contribution in [3.05, 3.63) is 95.6 Å². The van der Waals surface area contributed by atoms with Gasteiger partial charge >= 0.3 is 0 Å². The largest absolute Gasteiger partial charge is 0.322 e. The van der Waals surface area contributed by atoms with E-state index in [0.29, 0.717) is 16.7 Å². The van der Waals surface area contributed by atoms with Gasteiger partial charge in [0.15, 0.2) is 5.78 Å². The third-order valence-electron chi connectivity index (χ3n) is 3.77. The molecule has 0 aliphatic carbocycles. The fraction of sp³-hybridized carbons (Fsp3) is 0.0476. The standard InChI is InChI=1S/C21H17NO2S/c1-25-19-9-5-8-18(14-19)22-21(24)17-12-10-16(11-13-17)20(23)15-6-3-2-4-7-15/h2-14H,1H3,(H,22,24). The number of nitrogens with one attached hydrogen (secondary N) is 1. The summed E-state index contributed by atoms with van der Waals surface area (Å²) in [4.78, 5) is 25.8. The molecule has 0 heterocycles. The highest BCUT2D eigenvalue weighted by atomic mass is 32.2. The molecule has 124 valence electrons. The lowest BCUT2D eigenvalue weighted by Crippen LogP contribution is -2.12. The van der Waals surface area contributed by atoms with Crippen LogP contribution in [0.1, 0.15) is 26.3 Å². The Balaban J connectivity index is 1.73. The van der Waals surface area contributed by atoms with Crippen LogP contribution in [0.2, 0.25) is 0 Å². The summed E-state index contributed by atoms with van der Waals surface area (Å²) in [6.07, 6.45) is 1.99. The van der Waals surface area contributed by atoms with Gasteiger partial charge in [-0.2, -0.15) is 0 Å². The molecule has 0 saturated heterocycles. The zero-order valence-electron chi connectivity index (χ0n) is 13.7. The van der Waals surface area contributed by atoms with Crippen LogP contribution >= 0.6 is 11.8 Å². The molecule has 4 heteroatoms. The molecule has 3 aromatic rings. The molecule has 3 nitrogen and oxygen atoms in total. The predicted octanol–water partition coefficient (Wildman–Crippen LogP) is 4.89. The third kappa shape index (κ3) is 4.17. The molecule has 0 fully saturated rings. The minimum Gasteiger partial charge on any atom is -0.322 e. The van der Waals surface area contributed by atoms with Gasteiger partial charge in [-0.05, 0) is 36.6 Å². The van der Waals surface area contributed by atoms with E-state index in [1.807, 2.05) is 48.7 Å². The highest BCUT2D eigenvalue weighted by Crippen LogP contribution is 2.20. The van der Waals surface area contributed by atoms with Crippen molar-refractivity contribution < 1.29 is 9.59 Å². The molecule has 25 heavy (non-hydrogen) atoms. The molecular weight excluding hydrogens is 330 g/mol. The van der Waals surface area contributed by atoms with E-state index in [9.17, 15) is 9.59 Å². The lowest BCUT2D eigenvalue weighted by atomic mass is 10.0. The Hall–Kier alpha value is -2.85. The maximum atomic E-state index is 12.4. The number of carbonyl (C=O) groups is 2. The summed E-state index contributed by atoms with van der Waals surface area (Å²) < 4.78 is 0. The Morgan fingerprint density at radius 3 is 2.08 bits per heavy atom. The molecule has 1 N–H and O–H groups in total. The van der Waals surface area contributed by atoms with Crippen molar-refractivity contribution in [1.29, 1.82) is 0 Å². The summed E-state index contributed by atoms with van der Waals surface area (Å²) in [5.74, 6) is -0.253. The van der Waals surface area contributed by atoms with Gasteiger partial charge in [-0.15, -0.1) is 11.8 Å². The molecule has 3 rings (SSSR count). The van der Waals surface area contributed by atoms with E-state index in [1.165, 1.54) is 0 Å². The average molecular weight is 347 g/mol. The molecule has 0 bridgehead atoms. The van der Waals surface area contributed by atoms with Gasteiger partial charge in [0.2, 0.25) is 0 Å². The number of hydrogen-bond donors (Lipinski definition) is 1. The van der Waals surface area contributed by atoms with Gasteiger partial charge in [0, 0.05) is 27.3 Å². The van der Waals surface area contributed by atoms with Gasteiger partial charge in [0.05, 0.1) is 0 Å². The molecular formula is C21H17NO2S. The summed E-state index contributed by atoms with van der Waals surface area (Å²) in [6, 6.07) is 23.5. The van der Waals surface area contributed by atoms with Crippen LogP contribution in [-0.2, 0) is 0 Å². The minimum absolute atomic E-state index is 0.0553. The fourth-order valence-corrected chi connectivity index (χ4v) is 2.89. The Bertz CT molecular complexity index is 889. The number of amides is 1. The first-order chi connectivity index (χ1) is 12.2. The fourth-order valence-electron chi connectivity index (χ4n) is 2.43. The van der Waals surface area contributed by atoms with Crippen molar-refractivity contribution in [2.45, 2.75) is 4.90 Å². The Morgan fingerprint density at radius 1 is 0.760 bits per heavy atom. The topological polar surface area (TPSA) is 46.2 Å². The van der Waals surface area contributed by atoms with E-state index in [4.69, 9.17) is 0 Å². The Kier molecular flexibility index (Phi) is 5.31. The van der Waals surface area contributed by atoms with Gasteiger partial charge in [-0.1, -0.05) is 48.5 Å². The van der Waals surface area contributed by atoms with Crippen molar-refractivity contribution in [2.24, 2.45) is 0 Å². The summed E-state index contributed by atoms with van der Waals surface area (Å²) in [5.41, 5.74) is 2.46. The molecule has 0 spiro atoms. The molecule has 0 aliphatic rings. The lowest BCUT2D eigenvalue weighted by Gasteiger charge is -2.07. The van der Waals surface area contributed by atoms with Gasteiger partial charge in [0.25, 0.3) is 5.91 Å². The average Bonchev–Trinajstić information content (AvgIpc) is 2.68. The minimum atomic E-state index is -0.197. The number of ketones is 1. The Labute approximate surface area is 151 Å². The predicted molar refractivity (Wildman–Crippen MR) is 102 cm³/mol. The van der Waals surface area contributed by atoms with Crippen molar-refractivity contribution in [3.8, 4) is 0 Å². The molecule has 0 atom stereocenters. The van der Waals surface area contributed by atoms with Crippen molar-refractivity contribution in [1.82, 2.24) is 0 Å². The number of thioether (sulfide) groups is 1. The number of rotatable bonds is 5. The first kappa shape index (κ1) is 17.0. The van der Waals surface area contributed by atoms with Gasteiger partial charge in [-0.3, -0.25) is 9.59 Å². The van der Waals surface area contributed by atoms with E-state index in [1.54, 1.807) is 48.2 Å². The summed E-state index contributed by atoms with van der Waals surface area (Å²) in [5, 5.41) is 2.88. The summed E-state index contributed by atoms with van der Waals surface area (Å²) >= 11 is 1.62. The van der Waals surface area contributed by atoms with E-state index in [0.717, 1.165) is 10.6 Å². The van der Waals surface area contributed by atoms with Gasteiger partial charge in [-0.25, -0.2) is 0 Å². The van der Waals surface area contributed by atoms with Crippen LogP contribution in [-0.4, -0.2) is 17.9 Å². The monoisotopic (exact) mass is 347 g/mol. The molecule has 1 amide bonds. The second-order valence-electron chi connectivity index (χ2n) is 5.46. The normalized spacial score (nSPS) is 10.3. The molecule has 0 radical (unpaired) electrons. The van der Waals surface area contributed by atoms with Crippen LogP contribution in [0.4, 0.5) is 5.69 Å². The zero-order chi connectivity index (χ0) is 17.6. The van der Waals surface area contributed by atoms with Crippen LogP contribution in [0.5, 0.6) is 0 Å². The van der Waals surface area contributed by atoms with Gasteiger partial charge in [0.1, 0.15) is 0 Å². The molecule has 0 unspecified atom stereocenters. The van der Waals surface area contributed by atoms with Crippen molar-refractivity contribution in [2.75, 3.05) is 11.6 Å². The van der Waals surface area contributed by atoms with Crippen LogP contribution in [0.3, 0.4) is 0 Å². The maximum absolute atomic E-state index is 12.4. The van der Waals surface area contributed by atoms with Crippen LogP contribution in [0.15, 0.2) is 83.8 Å². The third-order valence-corrected chi connectivity index (χ3v) is 4.50. The molecule has 3 aromatic carbocycles. The highest BCUT2D eigenvalue weighted by Gasteiger charge is 2.11. The van der Waals surface area contributed by atoms with Gasteiger partial charge < -0.3 is 5.32 Å². The quantitative estimate of drug-likeness (QED) is 0.528. The van der Waals surface area contributed by atoms with E-state index >= 15 is 0 Å². The highest BCUT2D eigenvalue weighted by molar-refractivity contribution is 7.98. The van der Waals surface area contributed by atoms with Crippen LogP contribution in [0, 0.1) is 0 Å². The van der Waals surface area contributed by atoms with Crippen molar-refractivity contribution in [3.63, 3.8) is 0 Å². The first-order valence-corrected chi connectivity index (χ1v) is 9.05. The number of carbonyl (C=O) groups excluding carboxylic acids is 2. The SMILES string of the molecule is CSc1cccc(NC(=O)c2ccc(C(=O)c3ccccc3)cc2)c1. The smallest absolute Gasteiger partial charge is 0.255 e. The van der Waals surface area contributed by atoms with Crippen molar-refractivity contribution >= 4 is 29.1 Å².